The van der Waals surface area contributed by atoms with Crippen molar-refractivity contribution in [3.8, 4) is 28.9 Å². The molecule has 1 aromatic carbocycles. The van der Waals surface area contributed by atoms with Gasteiger partial charge in [-0.25, -0.2) is 8.78 Å². The van der Waals surface area contributed by atoms with Crippen molar-refractivity contribution in [2.24, 2.45) is 0 Å². The van der Waals surface area contributed by atoms with Crippen LogP contribution in [0.2, 0.25) is 0 Å². The molecule has 0 atom stereocenters. The van der Waals surface area contributed by atoms with E-state index in [9.17, 15) is 13.6 Å². The molecule has 134 valence electrons. The third-order valence-corrected chi connectivity index (χ3v) is 3.51. The number of ether oxygens (including phenoxy) is 2. The van der Waals surface area contributed by atoms with Crippen LogP contribution < -0.4 is 15.0 Å². The average Bonchev–Trinajstić information content (AvgIpc) is 2.62. The van der Waals surface area contributed by atoms with Crippen LogP contribution in [-0.4, -0.2) is 22.1 Å². The Bertz CT molecular complexity index is 969. The first-order valence-corrected chi connectivity index (χ1v) is 7.64. The largest absolute Gasteiger partial charge is 0.487 e. The van der Waals surface area contributed by atoms with Crippen molar-refractivity contribution in [2.75, 3.05) is 7.11 Å². The molecule has 0 bridgehead atoms. The average molecular weight is 359 g/mol. The number of aromatic nitrogens is 3. The van der Waals surface area contributed by atoms with Crippen LogP contribution in [-0.2, 0) is 5.92 Å². The molecule has 0 spiro atoms. The normalized spacial score (nSPS) is 11.2. The summed E-state index contributed by atoms with van der Waals surface area (Å²) in [5, 5.41) is 0. The van der Waals surface area contributed by atoms with Gasteiger partial charge in [-0.2, -0.15) is 4.98 Å². The van der Waals surface area contributed by atoms with E-state index in [-0.39, 0.29) is 28.8 Å². The van der Waals surface area contributed by atoms with E-state index in [1.807, 2.05) is 0 Å². The molecule has 0 unspecified atom stereocenters. The van der Waals surface area contributed by atoms with Gasteiger partial charge in [-0.1, -0.05) is 18.2 Å². The van der Waals surface area contributed by atoms with Gasteiger partial charge in [-0.15, -0.1) is 0 Å². The van der Waals surface area contributed by atoms with Crippen molar-refractivity contribution in [3.05, 3.63) is 64.6 Å². The van der Waals surface area contributed by atoms with Crippen molar-refractivity contribution in [2.45, 2.75) is 12.8 Å². The molecular weight excluding hydrogens is 344 g/mol. The van der Waals surface area contributed by atoms with E-state index in [0.717, 1.165) is 6.92 Å². The predicted octanol–water partition coefficient (Wildman–Crippen LogP) is 3.74. The second-order valence-corrected chi connectivity index (χ2v) is 5.49. The SMILES string of the molecule is COc1c(Oc2cccc(C(C)(F)F)c2)nc(-c2ccccn2)[nH]c1=O. The van der Waals surface area contributed by atoms with E-state index >= 15 is 0 Å². The summed E-state index contributed by atoms with van der Waals surface area (Å²) in [6.07, 6.45) is 1.55. The molecule has 8 heteroatoms. The quantitative estimate of drug-likeness (QED) is 0.751. The number of methoxy groups -OCH3 is 1. The number of nitrogens with one attached hydrogen (secondary N) is 1. The minimum Gasteiger partial charge on any atom is -0.487 e. The van der Waals surface area contributed by atoms with Gasteiger partial charge in [-0.3, -0.25) is 9.78 Å². The van der Waals surface area contributed by atoms with Crippen molar-refractivity contribution < 1.29 is 18.3 Å². The summed E-state index contributed by atoms with van der Waals surface area (Å²) in [5.74, 6) is -3.06. The molecule has 3 rings (SSSR count). The van der Waals surface area contributed by atoms with Crippen molar-refractivity contribution in [1.82, 2.24) is 15.0 Å². The number of nitrogens with zero attached hydrogens (tertiary/aromatic N) is 2. The molecule has 0 amide bonds. The molecule has 1 N–H and O–H groups in total. The first-order valence-electron chi connectivity index (χ1n) is 7.64. The van der Waals surface area contributed by atoms with E-state index in [4.69, 9.17) is 9.47 Å². The number of hydrogen-bond acceptors (Lipinski definition) is 5. The maximum atomic E-state index is 13.5. The lowest BCUT2D eigenvalue weighted by Crippen LogP contribution is -2.14. The highest BCUT2D eigenvalue weighted by Gasteiger charge is 2.25. The first-order chi connectivity index (χ1) is 12.4. The van der Waals surface area contributed by atoms with Crippen LogP contribution in [0.1, 0.15) is 12.5 Å². The fourth-order valence-corrected chi connectivity index (χ4v) is 2.26. The number of hydrogen-bond donors (Lipinski definition) is 1. The van der Waals surface area contributed by atoms with Crippen LogP contribution in [0.15, 0.2) is 53.5 Å². The van der Waals surface area contributed by atoms with Gasteiger partial charge in [0, 0.05) is 18.7 Å². The number of benzene rings is 1. The maximum Gasteiger partial charge on any atom is 0.297 e. The number of H-pyrrole nitrogens is 1. The zero-order chi connectivity index (χ0) is 18.7. The standard InChI is InChI=1S/C18H15F2N3O3/c1-18(19,20)11-6-5-7-12(10-11)26-17-14(25-2)16(24)22-15(23-17)13-8-3-4-9-21-13/h3-10H,1-2H3,(H,22,23,24). The van der Waals surface area contributed by atoms with Crippen molar-refractivity contribution in [1.29, 1.82) is 0 Å². The Hall–Kier alpha value is -3.29. The Kier molecular flexibility index (Phi) is 4.66. The van der Waals surface area contributed by atoms with Crippen molar-refractivity contribution in [3.63, 3.8) is 0 Å². The highest BCUT2D eigenvalue weighted by Crippen LogP contribution is 2.32. The molecule has 26 heavy (non-hydrogen) atoms. The summed E-state index contributed by atoms with van der Waals surface area (Å²) in [4.78, 5) is 23.1. The summed E-state index contributed by atoms with van der Waals surface area (Å²) in [6, 6.07) is 10.5. The van der Waals surface area contributed by atoms with E-state index in [2.05, 4.69) is 15.0 Å². The highest BCUT2D eigenvalue weighted by molar-refractivity contribution is 5.51. The van der Waals surface area contributed by atoms with Crippen LogP contribution in [0.5, 0.6) is 17.4 Å². The fraction of sp³-hybridized carbons (Fsp3) is 0.167. The molecule has 0 saturated heterocycles. The van der Waals surface area contributed by atoms with Crippen LogP contribution in [0.25, 0.3) is 11.5 Å². The summed E-state index contributed by atoms with van der Waals surface area (Å²) in [6.45, 7) is 0.789. The van der Waals surface area contributed by atoms with E-state index in [0.29, 0.717) is 5.69 Å². The van der Waals surface area contributed by atoms with Gasteiger partial charge in [0.25, 0.3) is 17.4 Å². The molecule has 6 nitrogen and oxygen atoms in total. The smallest absolute Gasteiger partial charge is 0.297 e. The number of alkyl halides is 2. The number of aromatic amines is 1. The Labute approximate surface area is 147 Å². The third-order valence-electron chi connectivity index (χ3n) is 3.51. The molecule has 2 aromatic heterocycles. The minimum absolute atomic E-state index is 0.104. The Morgan fingerprint density at radius 3 is 2.62 bits per heavy atom. The van der Waals surface area contributed by atoms with Crippen molar-refractivity contribution >= 4 is 0 Å². The van der Waals surface area contributed by atoms with Gasteiger partial charge in [0.05, 0.1) is 7.11 Å². The third kappa shape index (κ3) is 3.69. The number of halogens is 2. The topological polar surface area (TPSA) is 77.1 Å². The predicted molar refractivity (Wildman–Crippen MR) is 90.7 cm³/mol. The van der Waals surface area contributed by atoms with E-state index < -0.39 is 11.5 Å². The zero-order valence-electron chi connectivity index (χ0n) is 14.0. The molecular formula is C18H15F2N3O3. The lowest BCUT2D eigenvalue weighted by molar-refractivity contribution is 0.0173. The summed E-state index contributed by atoms with van der Waals surface area (Å²) in [5.41, 5.74) is -0.371. The molecule has 0 radical (unpaired) electrons. The number of pyridine rings is 1. The van der Waals surface area contributed by atoms with E-state index in [1.165, 1.54) is 31.4 Å². The molecule has 0 aliphatic rings. The highest BCUT2D eigenvalue weighted by atomic mass is 19.3. The summed E-state index contributed by atoms with van der Waals surface area (Å²) in [7, 11) is 1.29. The van der Waals surface area contributed by atoms with Gasteiger partial charge >= 0.3 is 0 Å². The molecule has 0 fully saturated rings. The Morgan fingerprint density at radius 1 is 1.15 bits per heavy atom. The zero-order valence-corrected chi connectivity index (χ0v) is 14.0. The lowest BCUT2D eigenvalue weighted by Gasteiger charge is -2.13. The molecule has 0 aliphatic carbocycles. The lowest BCUT2D eigenvalue weighted by atomic mass is 10.1. The van der Waals surface area contributed by atoms with Crippen LogP contribution in [0, 0.1) is 0 Å². The second kappa shape index (κ2) is 6.91. The fourth-order valence-electron chi connectivity index (χ4n) is 2.26. The Morgan fingerprint density at radius 2 is 1.96 bits per heavy atom. The molecule has 2 heterocycles. The van der Waals surface area contributed by atoms with Gasteiger partial charge in [0.15, 0.2) is 5.82 Å². The molecule has 3 aromatic rings. The van der Waals surface area contributed by atoms with Gasteiger partial charge in [-0.05, 0) is 24.3 Å². The number of rotatable bonds is 5. The monoisotopic (exact) mass is 359 g/mol. The minimum atomic E-state index is -3.02. The van der Waals surface area contributed by atoms with Crippen LogP contribution in [0.4, 0.5) is 8.78 Å². The van der Waals surface area contributed by atoms with E-state index in [1.54, 1.807) is 24.4 Å². The first kappa shape index (κ1) is 17.5. The summed E-state index contributed by atoms with van der Waals surface area (Å²) < 4.78 is 37.6. The van der Waals surface area contributed by atoms with Crippen LogP contribution >= 0.6 is 0 Å². The molecule has 0 aliphatic heterocycles. The van der Waals surface area contributed by atoms with Gasteiger partial charge in [0.2, 0.25) is 5.75 Å². The van der Waals surface area contributed by atoms with Gasteiger partial charge in [0.1, 0.15) is 11.4 Å². The second-order valence-electron chi connectivity index (χ2n) is 5.49. The van der Waals surface area contributed by atoms with Crippen LogP contribution in [0.3, 0.4) is 0 Å². The summed E-state index contributed by atoms with van der Waals surface area (Å²) >= 11 is 0. The maximum absolute atomic E-state index is 13.5. The Balaban J connectivity index is 2.04. The van der Waals surface area contributed by atoms with Gasteiger partial charge < -0.3 is 14.5 Å². The molecule has 0 saturated carbocycles.